The van der Waals surface area contributed by atoms with Crippen molar-refractivity contribution in [2.45, 2.75) is 51.2 Å². The van der Waals surface area contributed by atoms with Crippen LogP contribution in [0, 0.1) is 5.82 Å². The first-order valence-electron chi connectivity index (χ1n) is 12.6. The predicted octanol–water partition coefficient (Wildman–Crippen LogP) is 3.85. The van der Waals surface area contributed by atoms with Crippen LogP contribution in [0.4, 0.5) is 15.8 Å². The van der Waals surface area contributed by atoms with Gasteiger partial charge >= 0.3 is 0 Å². The molecular weight excluding hydrogens is 433 g/mol. The van der Waals surface area contributed by atoms with Gasteiger partial charge in [0.25, 0.3) is 5.91 Å². The number of rotatable bonds is 7. The summed E-state index contributed by atoms with van der Waals surface area (Å²) in [6.07, 6.45) is 4.40. The minimum Gasteiger partial charge on any atom is -0.491 e. The molecule has 0 radical (unpaired) electrons. The van der Waals surface area contributed by atoms with Crippen LogP contribution in [0.5, 0.6) is 5.75 Å². The van der Waals surface area contributed by atoms with E-state index in [4.69, 9.17) is 4.74 Å². The average Bonchev–Trinajstić information content (AvgIpc) is 3.55. The van der Waals surface area contributed by atoms with Gasteiger partial charge in [-0.15, -0.1) is 0 Å². The summed E-state index contributed by atoms with van der Waals surface area (Å²) in [5.74, 6) is 0.265. The molecule has 6 nitrogen and oxygen atoms in total. The van der Waals surface area contributed by atoms with E-state index in [0.29, 0.717) is 48.1 Å². The maximum Gasteiger partial charge on any atom is 0.258 e. The van der Waals surface area contributed by atoms with Crippen LogP contribution < -0.4 is 14.5 Å². The molecule has 0 bridgehead atoms. The number of nitrogens with zero attached hydrogens (tertiary/aromatic N) is 3. The number of hydrogen-bond acceptors (Lipinski definition) is 5. The maximum absolute atomic E-state index is 15.2. The van der Waals surface area contributed by atoms with Crippen LogP contribution in [0.2, 0.25) is 0 Å². The molecule has 0 saturated carbocycles. The zero-order chi connectivity index (χ0) is 23.7. The molecule has 3 heterocycles. The Morgan fingerprint density at radius 3 is 2.71 bits per heavy atom. The van der Waals surface area contributed by atoms with Crippen molar-refractivity contribution in [3.63, 3.8) is 0 Å². The van der Waals surface area contributed by atoms with E-state index in [2.05, 4.69) is 9.80 Å². The van der Waals surface area contributed by atoms with Gasteiger partial charge in [-0.3, -0.25) is 9.69 Å². The number of fused-ring (bicyclic) bond motifs is 1. The Morgan fingerprint density at radius 2 is 1.94 bits per heavy atom. The number of amides is 1. The van der Waals surface area contributed by atoms with Crippen molar-refractivity contribution < 1.29 is 19.0 Å². The monoisotopic (exact) mass is 467 g/mol. The van der Waals surface area contributed by atoms with Crippen LogP contribution in [0.15, 0.2) is 36.4 Å². The number of likely N-dealkylation sites (tertiary alicyclic amines) is 1. The third-order valence-corrected chi connectivity index (χ3v) is 7.47. The maximum atomic E-state index is 15.2. The van der Waals surface area contributed by atoms with E-state index >= 15 is 4.39 Å². The summed E-state index contributed by atoms with van der Waals surface area (Å²) in [6.45, 7) is 6.68. The summed E-state index contributed by atoms with van der Waals surface area (Å²) in [6, 6.07) is 11.1. The largest absolute Gasteiger partial charge is 0.491 e. The Hall–Kier alpha value is -2.64. The number of halogens is 1. The number of aliphatic hydroxyl groups is 1. The third kappa shape index (κ3) is 4.64. The molecule has 3 aliphatic rings. The van der Waals surface area contributed by atoms with Crippen molar-refractivity contribution in [1.82, 2.24) is 4.90 Å². The van der Waals surface area contributed by atoms with Gasteiger partial charge in [0.1, 0.15) is 18.2 Å². The van der Waals surface area contributed by atoms with Gasteiger partial charge in [-0.05, 0) is 87.2 Å². The number of hydrogen-bond donors (Lipinski definition) is 1. The number of carbonyl (C=O) groups excluding carboxylic acids is 1. The Kier molecular flexibility index (Phi) is 6.75. The van der Waals surface area contributed by atoms with Gasteiger partial charge in [0.15, 0.2) is 0 Å². The summed E-state index contributed by atoms with van der Waals surface area (Å²) in [7, 11) is 0. The third-order valence-electron chi connectivity index (χ3n) is 7.47. The lowest BCUT2D eigenvalue weighted by molar-refractivity contribution is 0.0978. The van der Waals surface area contributed by atoms with E-state index in [9.17, 15) is 9.90 Å². The van der Waals surface area contributed by atoms with Crippen molar-refractivity contribution in [2.75, 3.05) is 49.1 Å². The van der Waals surface area contributed by atoms with Crippen molar-refractivity contribution in [1.29, 1.82) is 0 Å². The van der Waals surface area contributed by atoms with Crippen molar-refractivity contribution in [2.24, 2.45) is 0 Å². The highest BCUT2D eigenvalue weighted by atomic mass is 19.1. The molecule has 182 valence electrons. The van der Waals surface area contributed by atoms with Gasteiger partial charge in [0.2, 0.25) is 0 Å². The average molecular weight is 468 g/mol. The first-order valence-corrected chi connectivity index (χ1v) is 12.6. The highest BCUT2D eigenvalue weighted by molar-refractivity contribution is 6.08. The second kappa shape index (κ2) is 9.92. The van der Waals surface area contributed by atoms with Crippen LogP contribution in [-0.4, -0.2) is 67.4 Å². The molecule has 7 heteroatoms. The van der Waals surface area contributed by atoms with Crippen LogP contribution in [0.25, 0.3) is 0 Å². The standard InChI is InChI=1S/C27H34FN3O3/c1-2-22(32)18-34-23-6-7-24-19(15-23)9-14-31(27(24)33)20-5-8-26(25(28)16-20)30-13-10-21(17-30)29-11-3-4-12-29/h5-8,15-16,21-22,32H,2-4,9-14,17-18H2,1H3/t21-,22+/m1/s1. The minimum atomic E-state index is -0.502. The molecule has 2 aromatic carbocycles. The first kappa shape index (κ1) is 23.1. The van der Waals surface area contributed by atoms with Crippen LogP contribution in [-0.2, 0) is 6.42 Å². The van der Waals surface area contributed by atoms with Gasteiger partial charge < -0.3 is 19.6 Å². The molecule has 3 aliphatic heterocycles. The molecule has 0 aromatic heterocycles. The molecule has 2 aromatic rings. The molecule has 0 spiro atoms. The lowest BCUT2D eigenvalue weighted by atomic mass is 9.98. The summed E-state index contributed by atoms with van der Waals surface area (Å²) in [5.41, 5.74) is 2.77. The second-order valence-corrected chi connectivity index (χ2v) is 9.67. The lowest BCUT2D eigenvalue weighted by Crippen LogP contribution is -2.38. The van der Waals surface area contributed by atoms with E-state index in [1.807, 2.05) is 25.1 Å². The minimum absolute atomic E-state index is 0.121. The topological polar surface area (TPSA) is 56.3 Å². The van der Waals surface area contributed by atoms with E-state index in [1.54, 1.807) is 17.0 Å². The van der Waals surface area contributed by atoms with Crippen molar-refractivity contribution in [3.05, 3.63) is 53.3 Å². The van der Waals surface area contributed by atoms with Gasteiger partial charge in [-0.1, -0.05) is 6.92 Å². The van der Waals surface area contributed by atoms with Gasteiger partial charge in [-0.25, -0.2) is 4.39 Å². The molecule has 0 aliphatic carbocycles. The van der Waals surface area contributed by atoms with Crippen LogP contribution >= 0.6 is 0 Å². The predicted molar refractivity (Wildman–Crippen MR) is 131 cm³/mol. The highest BCUT2D eigenvalue weighted by Crippen LogP contribution is 2.32. The van der Waals surface area contributed by atoms with Gasteiger partial charge in [0, 0.05) is 36.9 Å². The molecule has 1 N–H and O–H groups in total. The fourth-order valence-corrected chi connectivity index (χ4v) is 5.40. The number of carbonyl (C=O) groups is 1. The lowest BCUT2D eigenvalue weighted by Gasteiger charge is -2.30. The molecule has 2 atom stereocenters. The molecule has 0 unspecified atom stereocenters. The fourth-order valence-electron chi connectivity index (χ4n) is 5.40. The van der Waals surface area contributed by atoms with Crippen molar-refractivity contribution in [3.8, 4) is 5.75 Å². The molecule has 5 rings (SSSR count). The van der Waals surface area contributed by atoms with Gasteiger partial charge in [0.05, 0.1) is 11.8 Å². The Bertz CT molecular complexity index is 1040. The Morgan fingerprint density at radius 1 is 1.12 bits per heavy atom. The van der Waals surface area contributed by atoms with E-state index in [1.165, 1.54) is 18.9 Å². The number of aliphatic hydroxyl groups excluding tert-OH is 1. The normalized spacial score (nSPS) is 21.7. The van der Waals surface area contributed by atoms with E-state index in [-0.39, 0.29) is 18.3 Å². The van der Waals surface area contributed by atoms with Crippen molar-refractivity contribution >= 4 is 17.3 Å². The summed E-state index contributed by atoms with van der Waals surface area (Å²) >= 11 is 0. The van der Waals surface area contributed by atoms with E-state index in [0.717, 1.165) is 38.2 Å². The summed E-state index contributed by atoms with van der Waals surface area (Å²) < 4.78 is 20.8. The quantitative estimate of drug-likeness (QED) is 0.670. The molecule has 2 fully saturated rings. The molecule has 2 saturated heterocycles. The smallest absolute Gasteiger partial charge is 0.258 e. The number of anilines is 2. The van der Waals surface area contributed by atoms with Crippen LogP contribution in [0.1, 0.15) is 48.5 Å². The van der Waals surface area contributed by atoms with E-state index < -0.39 is 6.10 Å². The zero-order valence-corrected chi connectivity index (χ0v) is 19.9. The van der Waals surface area contributed by atoms with Gasteiger partial charge in [-0.2, -0.15) is 0 Å². The number of ether oxygens (including phenoxy) is 1. The summed E-state index contributed by atoms with van der Waals surface area (Å²) in [5, 5.41) is 9.71. The molecule has 1 amide bonds. The Labute approximate surface area is 200 Å². The highest BCUT2D eigenvalue weighted by Gasteiger charge is 2.31. The first-order chi connectivity index (χ1) is 16.5. The number of benzene rings is 2. The fraction of sp³-hybridized carbons (Fsp3) is 0.519. The summed E-state index contributed by atoms with van der Waals surface area (Å²) in [4.78, 5) is 19.5. The second-order valence-electron chi connectivity index (χ2n) is 9.67. The molecule has 34 heavy (non-hydrogen) atoms. The van der Waals surface area contributed by atoms with Crippen LogP contribution in [0.3, 0.4) is 0 Å². The molecular formula is C27H34FN3O3. The SMILES string of the molecule is CC[C@H](O)COc1ccc2c(c1)CCN(c1ccc(N3CC[C@@H](N4CCCC4)C3)c(F)c1)C2=O. The Balaban J connectivity index is 1.27. The zero-order valence-electron chi connectivity index (χ0n) is 19.9.